The van der Waals surface area contributed by atoms with Gasteiger partial charge in [0.2, 0.25) is 0 Å². The van der Waals surface area contributed by atoms with Gasteiger partial charge in [-0.2, -0.15) is 0 Å². The molecule has 0 aliphatic heterocycles. The van der Waals surface area contributed by atoms with E-state index in [1.807, 2.05) is 30.3 Å². The zero-order valence-electron chi connectivity index (χ0n) is 6.97. The first-order valence-corrected chi connectivity index (χ1v) is 4.85. The maximum Gasteiger partial charge on any atom is 0.461 e. The molecule has 0 radical (unpaired) electrons. The molecular formula is C10H9NOP+. The van der Waals surface area contributed by atoms with E-state index >= 15 is 0 Å². The van der Waals surface area contributed by atoms with Gasteiger partial charge in [-0.1, -0.05) is 36.4 Å². The van der Waals surface area contributed by atoms with Gasteiger partial charge in [-0.15, -0.1) is 0 Å². The summed E-state index contributed by atoms with van der Waals surface area (Å²) >= 11 is 0. The molecule has 64 valence electrons. The fourth-order valence-electron chi connectivity index (χ4n) is 1.33. The molecule has 0 atom stereocenters. The molecule has 2 N–H and O–H groups in total. The molecule has 0 aromatic heterocycles. The number of hydrogen-bond donors (Lipinski definition) is 1. The van der Waals surface area contributed by atoms with Gasteiger partial charge in [-0.3, -0.25) is 0 Å². The van der Waals surface area contributed by atoms with Crippen molar-refractivity contribution in [3.8, 4) is 5.75 Å². The molecule has 0 aliphatic rings. The van der Waals surface area contributed by atoms with Crippen LogP contribution in [0.15, 0.2) is 42.5 Å². The minimum atomic E-state index is 0.434. The molecule has 2 rings (SSSR count). The Bertz CT molecular complexity index is 436. The van der Waals surface area contributed by atoms with Gasteiger partial charge in [-0.25, -0.2) is 5.16 Å². The highest BCUT2D eigenvalue weighted by Crippen LogP contribution is 2.26. The molecule has 0 amide bonds. The minimum Gasteiger partial charge on any atom is -0.389 e. The zero-order chi connectivity index (χ0) is 9.10. The summed E-state index contributed by atoms with van der Waals surface area (Å²) in [6.07, 6.45) is 0. The molecule has 13 heavy (non-hydrogen) atoms. The topological polar surface area (TPSA) is 34.8 Å². The van der Waals surface area contributed by atoms with Crippen LogP contribution in [0.2, 0.25) is 0 Å². The third-order valence-corrected chi connectivity index (χ3v) is 2.20. The van der Waals surface area contributed by atoms with E-state index in [-0.39, 0.29) is 0 Å². The van der Waals surface area contributed by atoms with Crippen LogP contribution in [-0.4, -0.2) is 0 Å². The van der Waals surface area contributed by atoms with Gasteiger partial charge in [0.25, 0.3) is 0 Å². The van der Waals surface area contributed by atoms with Crippen molar-refractivity contribution in [3.05, 3.63) is 42.5 Å². The van der Waals surface area contributed by atoms with E-state index in [0.717, 1.165) is 11.1 Å². The molecule has 2 nitrogen and oxygen atoms in total. The normalized spacial score (nSPS) is 10.5. The zero-order valence-corrected chi connectivity index (χ0v) is 7.87. The molecule has 2 aromatic rings. The second-order valence-electron chi connectivity index (χ2n) is 2.67. The maximum atomic E-state index is 5.30. The van der Waals surface area contributed by atoms with Crippen molar-refractivity contribution in [2.75, 3.05) is 0 Å². The van der Waals surface area contributed by atoms with Gasteiger partial charge in [0.05, 0.1) is 0 Å². The number of fused-ring (bicyclic) bond motifs is 1. The minimum absolute atomic E-state index is 0.434. The van der Waals surface area contributed by atoms with Crippen molar-refractivity contribution in [1.82, 2.24) is 0 Å². The lowest BCUT2D eigenvalue weighted by Crippen LogP contribution is -2.17. The van der Waals surface area contributed by atoms with Crippen molar-refractivity contribution in [2.45, 2.75) is 0 Å². The lowest BCUT2D eigenvalue weighted by atomic mass is 10.1. The number of benzene rings is 2. The first-order chi connectivity index (χ1) is 6.42. The Morgan fingerprint density at radius 1 is 1.00 bits per heavy atom. The van der Waals surface area contributed by atoms with E-state index < -0.39 is 0 Å². The molecule has 2 aromatic carbocycles. The fourth-order valence-corrected chi connectivity index (χ4v) is 1.60. The van der Waals surface area contributed by atoms with Crippen LogP contribution >= 0.6 is 8.60 Å². The summed E-state index contributed by atoms with van der Waals surface area (Å²) in [5.41, 5.74) is 0. The molecule has 0 unspecified atom stereocenters. The summed E-state index contributed by atoms with van der Waals surface area (Å²) in [5.74, 6) is 0.835. The lowest BCUT2D eigenvalue weighted by molar-refractivity contribution is -0.0833. The summed E-state index contributed by atoms with van der Waals surface area (Å²) in [4.78, 5) is 0. The van der Waals surface area contributed by atoms with Crippen LogP contribution in [0.4, 0.5) is 0 Å². The Morgan fingerprint density at radius 2 is 1.77 bits per heavy atom. The SMILES string of the molecule is [NH2+]=POc1cccc2ccccc12. The second kappa shape index (κ2) is 3.55. The molecule has 0 saturated carbocycles. The Morgan fingerprint density at radius 3 is 2.62 bits per heavy atom. The molecule has 3 heteroatoms. The second-order valence-corrected chi connectivity index (χ2v) is 3.07. The Labute approximate surface area is 77.9 Å². The van der Waals surface area contributed by atoms with Crippen molar-refractivity contribution in [1.29, 1.82) is 0 Å². The van der Waals surface area contributed by atoms with Crippen molar-refractivity contribution < 1.29 is 9.69 Å². The van der Waals surface area contributed by atoms with Crippen LogP contribution < -0.4 is 9.69 Å². The monoisotopic (exact) mass is 190 g/mol. The third-order valence-electron chi connectivity index (χ3n) is 1.90. The van der Waals surface area contributed by atoms with Gasteiger partial charge in [0, 0.05) is 5.39 Å². The first-order valence-electron chi connectivity index (χ1n) is 3.97. The smallest absolute Gasteiger partial charge is 0.389 e. The fraction of sp³-hybridized carbons (Fsp3) is 0. The third kappa shape index (κ3) is 1.53. The molecule has 0 bridgehead atoms. The summed E-state index contributed by atoms with van der Waals surface area (Å²) in [6.45, 7) is 0. The van der Waals surface area contributed by atoms with Gasteiger partial charge in [-0.05, 0) is 11.5 Å². The van der Waals surface area contributed by atoms with E-state index in [0.29, 0.717) is 8.60 Å². The summed E-state index contributed by atoms with van der Waals surface area (Å²) in [5, 5.41) is 7.57. The van der Waals surface area contributed by atoms with E-state index in [4.69, 9.17) is 9.69 Å². The number of rotatable bonds is 2. The van der Waals surface area contributed by atoms with Crippen LogP contribution in [0.1, 0.15) is 0 Å². The predicted molar refractivity (Wildman–Crippen MR) is 53.4 cm³/mol. The van der Waals surface area contributed by atoms with Gasteiger partial charge in [0.1, 0.15) is 5.75 Å². The van der Waals surface area contributed by atoms with E-state index in [9.17, 15) is 0 Å². The first kappa shape index (κ1) is 8.21. The average Bonchev–Trinajstić information content (AvgIpc) is 2.19. The van der Waals surface area contributed by atoms with Crippen LogP contribution in [0, 0.1) is 0 Å². The van der Waals surface area contributed by atoms with Gasteiger partial charge < -0.3 is 4.52 Å². The molecule has 0 saturated heterocycles. The number of hydrogen-bond acceptors (Lipinski definition) is 1. The predicted octanol–water partition coefficient (Wildman–Crippen LogP) is 2.02. The maximum absolute atomic E-state index is 5.30. The molecule has 0 spiro atoms. The Kier molecular flexibility index (Phi) is 2.24. The van der Waals surface area contributed by atoms with E-state index in [1.165, 1.54) is 5.39 Å². The van der Waals surface area contributed by atoms with Gasteiger partial charge in [0.15, 0.2) is 0 Å². The quantitative estimate of drug-likeness (QED) is 0.722. The molecule has 0 heterocycles. The van der Waals surface area contributed by atoms with Crippen LogP contribution in [0.5, 0.6) is 5.75 Å². The highest BCUT2D eigenvalue weighted by atomic mass is 31.1. The largest absolute Gasteiger partial charge is 0.461 e. The van der Waals surface area contributed by atoms with Crippen molar-refractivity contribution in [2.24, 2.45) is 0 Å². The highest BCUT2D eigenvalue weighted by Gasteiger charge is 2.00. The van der Waals surface area contributed by atoms with E-state index in [2.05, 4.69) is 12.1 Å². The summed E-state index contributed by atoms with van der Waals surface area (Å²) in [7, 11) is 0.434. The summed E-state index contributed by atoms with van der Waals surface area (Å²) < 4.78 is 5.27. The Hall–Kier alpha value is -1.40. The van der Waals surface area contributed by atoms with E-state index in [1.54, 1.807) is 0 Å². The number of nitrogens with two attached hydrogens (primary N) is 1. The van der Waals surface area contributed by atoms with Gasteiger partial charge >= 0.3 is 8.60 Å². The van der Waals surface area contributed by atoms with Crippen molar-refractivity contribution >= 4 is 19.4 Å². The highest BCUT2D eigenvalue weighted by molar-refractivity contribution is 7.17. The van der Waals surface area contributed by atoms with Crippen LogP contribution in [0.25, 0.3) is 10.8 Å². The molecular weight excluding hydrogens is 181 g/mol. The standard InChI is InChI=1S/C10H8NOP/c11-13-12-10-7-3-5-8-4-1-2-6-9(8)10/h1-7,11H/p+1. The Balaban J connectivity index is 2.68. The molecule has 0 aliphatic carbocycles. The molecule has 0 fully saturated rings. The lowest BCUT2D eigenvalue weighted by Gasteiger charge is -2.00. The average molecular weight is 190 g/mol. The van der Waals surface area contributed by atoms with Crippen LogP contribution in [-0.2, 0) is 0 Å². The van der Waals surface area contributed by atoms with Crippen LogP contribution in [0.3, 0.4) is 0 Å². The van der Waals surface area contributed by atoms with Crippen molar-refractivity contribution in [3.63, 3.8) is 0 Å². The summed E-state index contributed by atoms with van der Waals surface area (Å²) in [6, 6.07) is 14.0.